The molecule has 0 saturated carbocycles. The molecule has 0 aromatic heterocycles. The van der Waals surface area contributed by atoms with Crippen LogP contribution in [0.15, 0.2) is 18.2 Å². The molecule has 0 bridgehead atoms. The maximum atomic E-state index is 12.5. The van der Waals surface area contributed by atoms with E-state index in [9.17, 15) is 4.79 Å². The third-order valence-electron chi connectivity index (χ3n) is 5.21. The van der Waals surface area contributed by atoms with Gasteiger partial charge in [0.1, 0.15) is 5.75 Å². The molecule has 2 fully saturated rings. The summed E-state index contributed by atoms with van der Waals surface area (Å²) >= 11 is 0. The van der Waals surface area contributed by atoms with Crippen LogP contribution in [-0.2, 0) is 15.9 Å². The van der Waals surface area contributed by atoms with Crippen LogP contribution in [0.3, 0.4) is 0 Å². The summed E-state index contributed by atoms with van der Waals surface area (Å²) < 4.78 is 17.1. The number of nitrogens with one attached hydrogen (secondary N) is 1. The van der Waals surface area contributed by atoms with E-state index >= 15 is 0 Å². The van der Waals surface area contributed by atoms with Crippen LogP contribution in [0.4, 0.5) is 10.5 Å². The molecule has 136 valence electrons. The van der Waals surface area contributed by atoms with E-state index in [0.717, 1.165) is 69.8 Å². The molecule has 1 aromatic carbocycles. The highest BCUT2D eigenvalue weighted by Crippen LogP contribution is 2.28. The van der Waals surface area contributed by atoms with Crippen molar-refractivity contribution in [3.63, 3.8) is 0 Å². The molecule has 1 aromatic rings. The average Bonchev–Trinajstić information content (AvgIpc) is 3.31. The molecule has 3 aliphatic rings. The Morgan fingerprint density at radius 1 is 1.24 bits per heavy atom. The van der Waals surface area contributed by atoms with E-state index in [4.69, 9.17) is 14.2 Å². The van der Waals surface area contributed by atoms with Gasteiger partial charge in [0.15, 0.2) is 0 Å². The summed E-state index contributed by atoms with van der Waals surface area (Å²) in [6.45, 7) is 3.74. The zero-order valence-electron chi connectivity index (χ0n) is 14.5. The lowest BCUT2D eigenvalue weighted by molar-refractivity contribution is -0.0377. The Morgan fingerprint density at radius 2 is 2.12 bits per heavy atom. The highest BCUT2D eigenvalue weighted by atomic mass is 16.5. The van der Waals surface area contributed by atoms with Crippen LogP contribution in [0, 0.1) is 0 Å². The lowest BCUT2D eigenvalue weighted by Gasteiger charge is -2.32. The number of hydrogen-bond donors (Lipinski definition) is 1. The van der Waals surface area contributed by atoms with Crippen molar-refractivity contribution in [1.82, 2.24) is 4.90 Å². The predicted octanol–water partition coefficient (Wildman–Crippen LogP) is 2.81. The van der Waals surface area contributed by atoms with Crippen LogP contribution >= 0.6 is 0 Å². The molecule has 1 unspecified atom stereocenters. The van der Waals surface area contributed by atoms with Gasteiger partial charge in [0, 0.05) is 31.8 Å². The molecule has 1 atom stereocenters. The Bertz CT molecular complexity index is 607. The number of fused-ring (bicyclic) bond motifs is 1. The maximum Gasteiger partial charge on any atom is 0.321 e. The fraction of sp³-hybridized carbons (Fsp3) is 0.632. The van der Waals surface area contributed by atoms with E-state index in [-0.39, 0.29) is 18.2 Å². The standard InChI is InChI=1S/C19H26N2O4/c22-19(20-15-3-4-18-14(12-15)7-11-24-18)21-8-5-16(6-9-21)25-13-17-2-1-10-23-17/h3-4,12,16-17H,1-2,5-11,13H2,(H,20,22). The third kappa shape index (κ3) is 4.07. The van der Waals surface area contributed by atoms with Crippen molar-refractivity contribution < 1.29 is 19.0 Å². The van der Waals surface area contributed by atoms with Crippen molar-refractivity contribution in [3.8, 4) is 5.75 Å². The van der Waals surface area contributed by atoms with E-state index in [2.05, 4.69) is 5.32 Å². The summed E-state index contributed by atoms with van der Waals surface area (Å²) in [4.78, 5) is 14.3. The molecular formula is C19H26N2O4. The number of likely N-dealkylation sites (tertiary alicyclic amines) is 1. The normalized spacial score (nSPS) is 23.4. The average molecular weight is 346 g/mol. The summed E-state index contributed by atoms with van der Waals surface area (Å²) in [6, 6.07) is 5.82. The summed E-state index contributed by atoms with van der Waals surface area (Å²) in [7, 11) is 0. The molecule has 3 aliphatic heterocycles. The van der Waals surface area contributed by atoms with Gasteiger partial charge in [-0.05, 0) is 49.4 Å². The Hall–Kier alpha value is -1.79. The van der Waals surface area contributed by atoms with E-state index in [1.165, 1.54) is 5.56 Å². The van der Waals surface area contributed by atoms with Crippen LogP contribution in [0.1, 0.15) is 31.2 Å². The number of urea groups is 1. The zero-order valence-corrected chi connectivity index (χ0v) is 14.5. The quantitative estimate of drug-likeness (QED) is 0.911. The Morgan fingerprint density at radius 3 is 2.92 bits per heavy atom. The minimum atomic E-state index is -0.0311. The van der Waals surface area contributed by atoms with Gasteiger partial charge in [-0.15, -0.1) is 0 Å². The summed E-state index contributed by atoms with van der Waals surface area (Å²) in [6.07, 6.45) is 5.44. The second-order valence-electron chi connectivity index (χ2n) is 7.01. The van der Waals surface area contributed by atoms with Crippen molar-refractivity contribution >= 4 is 11.7 Å². The first-order valence-electron chi connectivity index (χ1n) is 9.33. The fourth-order valence-electron chi connectivity index (χ4n) is 3.71. The number of amides is 2. The number of benzene rings is 1. The molecular weight excluding hydrogens is 320 g/mol. The first-order chi connectivity index (χ1) is 12.3. The number of piperidine rings is 1. The molecule has 3 heterocycles. The lowest BCUT2D eigenvalue weighted by Crippen LogP contribution is -2.43. The van der Waals surface area contributed by atoms with Gasteiger partial charge < -0.3 is 24.4 Å². The van der Waals surface area contributed by atoms with Crippen molar-refractivity contribution in [2.75, 3.05) is 38.2 Å². The SMILES string of the molecule is O=C(Nc1ccc2c(c1)CCO2)N1CCC(OCC2CCCO2)CC1. The van der Waals surface area contributed by atoms with Gasteiger partial charge in [-0.2, -0.15) is 0 Å². The van der Waals surface area contributed by atoms with Crippen molar-refractivity contribution in [1.29, 1.82) is 0 Å². The topological polar surface area (TPSA) is 60.0 Å². The monoisotopic (exact) mass is 346 g/mol. The highest BCUT2D eigenvalue weighted by molar-refractivity contribution is 5.89. The molecule has 6 nitrogen and oxygen atoms in total. The van der Waals surface area contributed by atoms with Crippen LogP contribution in [0.2, 0.25) is 0 Å². The van der Waals surface area contributed by atoms with Crippen molar-refractivity contribution in [2.45, 2.75) is 44.3 Å². The Labute approximate surface area is 148 Å². The number of hydrogen-bond acceptors (Lipinski definition) is 4. The maximum absolute atomic E-state index is 12.5. The number of rotatable bonds is 4. The summed E-state index contributed by atoms with van der Waals surface area (Å²) in [5.74, 6) is 0.933. The predicted molar refractivity (Wildman–Crippen MR) is 94.2 cm³/mol. The second kappa shape index (κ2) is 7.62. The van der Waals surface area contributed by atoms with Gasteiger partial charge in [0.2, 0.25) is 0 Å². The van der Waals surface area contributed by atoms with Gasteiger partial charge in [-0.25, -0.2) is 4.79 Å². The van der Waals surface area contributed by atoms with Crippen LogP contribution in [0.25, 0.3) is 0 Å². The lowest BCUT2D eigenvalue weighted by atomic mass is 10.1. The van der Waals surface area contributed by atoms with Gasteiger partial charge in [-0.1, -0.05) is 0 Å². The second-order valence-corrected chi connectivity index (χ2v) is 7.01. The zero-order chi connectivity index (χ0) is 17.1. The molecule has 2 saturated heterocycles. The van der Waals surface area contributed by atoms with Gasteiger partial charge >= 0.3 is 6.03 Å². The van der Waals surface area contributed by atoms with Crippen LogP contribution < -0.4 is 10.1 Å². The highest BCUT2D eigenvalue weighted by Gasteiger charge is 2.25. The molecule has 0 spiro atoms. The first kappa shape index (κ1) is 16.7. The molecule has 1 N–H and O–H groups in total. The number of nitrogens with zero attached hydrogens (tertiary/aromatic N) is 1. The number of anilines is 1. The number of carbonyl (C=O) groups excluding carboxylic acids is 1. The van der Waals surface area contributed by atoms with E-state index in [0.29, 0.717) is 6.61 Å². The molecule has 0 aliphatic carbocycles. The van der Waals surface area contributed by atoms with Gasteiger partial charge in [0.25, 0.3) is 0 Å². The van der Waals surface area contributed by atoms with Crippen LogP contribution in [-0.4, -0.2) is 56.0 Å². The fourth-order valence-corrected chi connectivity index (χ4v) is 3.71. The molecule has 2 amide bonds. The largest absolute Gasteiger partial charge is 0.493 e. The minimum Gasteiger partial charge on any atom is -0.493 e. The molecule has 25 heavy (non-hydrogen) atoms. The van der Waals surface area contributed by atoms with Crippen molar-refractivity contribution in [3.05, 3.63) is 23.8 Å². The number of carbonyl (C=O) groups is 1. The van der Waals surface area contributed by atoms with E-state index < -0.39 is 0 Å². The van der Waals surface area contributed by atoms with Crippen LogP contribution in [0.5, 0.6) is 5.75 Å². The third-order valence-corrected chi connectivity index (χ3v) is 5.21. The van der Waals surface area contributed by atoms with E-state index in [1.54, 1.807) is 0 Å². The van der Waals surface area contributed by atoms with Gasteiger partial charge in [0.05, 0.1) is 25.4 Å². The van der Waals surface area contributed by atoms with Crippen molar-refractivity contribution in [2.24, 2.45) is 0 Å². The Kier molecular flexibility index (Phi) is 5.08. The molecule has 0 radical (unpaired) electrons. The number of ether oxygens (including phenoxy) is 3. The summed E-state index contributed by atoms with van der Waals surface area (Å²) in [5, 5.41) is 3.00. The summed E-state index contributed by atoms with van der Waals surface area (Å²) in [5.41, 5.74) is 2.00. The molecule has 6 heteroatoms. The minimum absolute atomic E-state index is 0.0311. The molecule has 4 rings (SSSR count). The first-order valence-corrected chi connectivity index (χ1v) is 9.33. The Balaban J connectivity index is 1.22. The van der Waals surface area contributed by atoms with Gasteiger partial charge in [-0.3, -0.25) is 0 Å². The smallest absolute Gasteiger partial charge is 0.321 e. The van der Waals surface area contributed by atoms with E-state index in [1.807, 2.05) is 23.1 Å².